The van der Waals surface area contributed by atoms with Crippen molar-refractivity contribution < 1.29 is 14.3 Å². The van der Waals surface area contributed by atoms with Crippen molar-refractivity contribution in [1.29, 1.82) is 0 Å². The van der Waals surface area contributed by atoms with E-state index in [0.29, 0.717) is 24.5 Å². The zero-order valence-electron chi connectivity index (χ0n) is 12.1. The van der Waals surface area contributed by atoms with Crippen LogP contribution in [0.25, 0.3) is 0 Å². The molecule has 1 heterocycles. The number of fused-ring (bicyclic) bond motifs is 1. The fourth-order valence-corrected chi connectivity index (χ4v) is 2.35. The molecule has 1 aromatic carbocycles. The molecule has 2 rings (SSSR count). The van der Waals surface area contributed by atoms with Crippen LogP contribution in [0.1, 0.15) is 0 Å². The largest absolute Gasteiger partial charge is 0.482 e. The first-order valence-electron chi connectivity index (χ1n) is 6.64. The third-order valence-corrected chi connectivity index (χ3v) is 3.77. The SMILES string of the molecule is CNCCN(C)C(=O)CN1C(=O)COc2cc(Br)ccc21. The minimum absolute atomic E-state index is 0.0248. The van der Waals surface area contributed by atoms with Gasteiger partial charge in [-0.1, -0.05) is 15.9 Å². The lowest BCUT2D eigenvalue weighted by molar-refractivity contribution is -0.130. The van der Waals surface area contributed by atoms with Gasteiger partial charge in [0.05, 0.1) is 5.69 Å². The number of nitrogens with zero attached hydrogens (tertiary/aromatic N) is 2. The highest BCUT2D eigenvalue weighted by Gasteiger charge is 2.28. The molecular formula is C14H18BrN3O3. The first-order valence-corrected chi connectivity index (χ1v) is 7.43. The minimum atomic E-state index is -0.208. The molecule has 1 aromatic rings. The maximum Gasteiger partial charge on any atom is 0.265 e. The van der Waals surface area contributed by atoms with E-state index in [1.54, 1.807) is 24.1 Å². The smallest absolute Gasteiger partial charge is 0.265 e. The average molecular weight is 356 g/mol. The summed E-state index contributed by atoms with van der Waals surface area (Å²) in [5, 5.41) is 2.99. The molecule has 2 amide bonds. The molecule has 0 fully saturated rings. The molecule has 21 heavy (non-hydrogen) atoms. The van der Waals surface area contributed by atoms with Crippen molar-refractivity contribution in [3.05, 3.63) is 22.7 Å². The second kappa shape index (κ2) is 6.91. The Morgan fingerprint density at radius 1 is 1.52 bits per heavy atom. The Balaban J connectivity index is 2.13. The number of hydrogen-bond donors (Lipinski definition) is 1. The van der Waals surface area contributed by atoms with Crippen molar-refractivity contribution in [3.63, 3.8) is 0 Å². The number of rotatable bonds is 5. The topological polar surface area (TPSA) is 61.9 Å². The van der Waals surface area contributed by atoms with E-state index in [0.717, 1.165) is 4.47 Å². The molecule has 0 spiro atoms. The molecular weight excluding hydrogens is 338 g/mol. The molecule has 0 atom stereocenters. The van der Waals surface area contributed by atoms with Crippen LogP contribution in [0, 0.1) is 0 Å². The summed E-state index contributed by atoms with van der Waals surface area (Å²) in [6.45, 7) is 1.29. The number of carbonyl (C=O) groups is 2. The summed E-state index contributed by atoms with van der Waals surface area (Å²) in [4.78, 5) is 27.3. The Bertz CT molecular complexity index is 550. The molecule has 0 saturated carbocycles. The predicted octanol–water partition coefficient (Wildman–Crippen LogP) is 0.852. The van der Waals surface area contributed by atoms with E-state index in [-0.39, 0.29) is 25.0 Å². The van der Waals surface area contributed by atoms with Crippen LogP contribution < -0.4 is 15.0 Å². The van der Waals surface area contributed by atoms with Crippen molar-refractivity contribution in [2.75, 3.05) is 45.2 Å². The molecule has 1 N–H and O–H groups in total. The average Bonchev–Trinajstić information content (AvgIpc) is 2.47. The minimum Gasteiger partial charge on any atom is -0.482 e. The highest BCUT2D eigenvalue weighted by Crippen LogP contribution is 2.34. The second-order valence-electron chi connectivity index (χ2n) is 4.80. The number of anilines is 1. The van der Waals surface area contributed by atoms with Gasteiger partial charge in [0.1, 0.15) is 12.3 Å². The molecule has 0 radical (unpaired) electrons. The van der Waals surface area contributed by atoms with Crippen LogP contribution in [0.3, 0.4) is 0 Å². The summed E-state index contributed by atoms with van der Waals surface area (Å²) in [5.74, 6) is 0.296. The van der Waals surface area contributed by atoms with Gasteiger partial charge in [-0.2, -0.15) is 0 Å². The molecule has 0 aromatic heterocycles. The van der Waals surface area contributed by atoms with Crippen LogP contribution >= 0.6 is 15.9 Å². The summed E-state index contributed by atoms with van der Waals surface area (Å²) in [6.07, 6.45) is 0. The van der Waals surface area contributed by atoms with Gasteiger partial charge in [0.25, 0.3) is 5.91 Å². The maximum absolute atomic E-state index is 12.2. The second-order valence-corrected chi connectivity index (χ2v) is 5.72. The lowest BCUT2D eigenvalue weighted by Crippen LogP contribution is -2.46. The van der Waals surface area contributed by atoms with Crippen molar-refractivity contribution in [3.8, 4) is 5.75 Å². The summed E-state index contributed by atoms with van der Waals surface area (Å²) in [5.41, 5.74) is 0.629. The highest BCUT2D eigenvalue weighted by molar-refractivity contribution is 9.10. The van der Waals surface area contributed by atoms with E-state index in [1.165, 1.54) is 4.90 Å². The number of halogens is 1. The van der Waals surface area contributed by atoms with E-state index in [9.17, 15) is 9.59 Å². The van der Waals surface area contributed by atoms with Gasteiger partial charge in [-0.3, -0.25) is 14.5 Å². The molecule has 0 aliphatic carbocycles. The number of nitrogens with one attached hydrogen (secondary N) is 1. The number of carbonyl (C=O) groups excluding carboxylic acids is 2. The lowest BCUT2D eigenvalue weighted by Gasteiger charge is -2.30. The third-order valence-electron chi connectivity index (χ3n) is 3.28. The first kappa shape index (κ1) is 15.8. The van der Waals surface area contributed by atoms with Gasteiger partial charge in [-0.25, -0.2) is 0 Å². The van der Waals surface area contributed by atoms with Crippen molar-refractivity contribution >= 4 is 33.4 Å². The number of amides is 2. The van der Waals surface area contributed by atoms with Crippen LogP contribution in [-0.2, 0) is 9.59 Å². The van der Waals surface area contributed by atoms with Crippen molar-refractivity contribution in [2.45, 2.75) is 0 Å². The van der Waals surface area contributed by atoms with E-state index in [1.807, 2.05) is 13.1 Å². The fraction of sp³-hybridized carbons (Fsp3) is 0.429. The molecule has 1 aliphatic rings. The molecule has 0 bridgehead atoms. The van der Waals surface area contributed by atoms with Gasteiger partial charge in [-0.15, -0.1) is 0 Å². The number of hydrogen-bond acceptors (Lipinski definition) is 4. The van der Waals surface area contributed by atoms with Gasteiger partial charge in [0.2, 0.25) is 5.91 Å². The fourth-order valence-electron chi connectivity index (χ4n) is 2.01. The van der Waals surface area contributed by atoms with E-state index < -0.39 is 0 Å². The zero-order chi connectivity index (χ0) is 15.4. The van der Waals surface area contributed by atoms with E-state index in [2.05, 4.69) is 21.2 Å². The molecule has 6 nitrogen and oxygen atoms in total. The molecule has 7 heteroatoms. The molecule has 0 unspecified atom stereocenters. The van der Waals surface area contributed by atoms with E-state index >= 15 is 0 Å². The molecule has 0 saturated heterocycles. The standard InChI is InChI=1S/C14H18BrN3O3/c1-16-5-6-17(2)13(19)8-18-11-4-3-10(15)7-12(11)21-9-14(18)20/h3-4,7,16H,5-6,8-9H2,1-2H3. The molecule has 1 aliphatic heterocycles. The van der Waals surface area contributed by atoms with Gasteiger partial charge < -0.3 is 15.0 Å². The van der Waals surface area contributed by atoms with Gasteiger partial charge in [0, 0.05) is 24.6 Å². The Morgan fingerprint density at radius 3 is 3.00 bits per heavy atom. The maximum atomic E-state index is 12.2. The van der Waals surface area contributed by atoms with Crippen molar-refractivity contribution in [1.82, 2.24) is 10.2 Å². The van der Waals surface area contributed by atoms with Crippen LogP contribution in [0.5, 0.6) is 5.75 Å². The van der Waals surface area contributed by atoms with E-state index in [4.69, 9.17) is 4.74 Å². The van der Waals surface area contributed by atoms with Crippen molar-refractivity contribution in [2.24, 2.45) is 0 Å². The summed E-state index contributed by atoms with van der Waals surface area (Å²) in [6, 6.07) is 5.39. The Labute approximate surface area is 132 Å². The first-order chi connectivity index (χ1) is 10.0. The van der Waals surface area contributed by atoms with Gasteiger partial charge in [0.15, 0.2) is 6.61 Å². The van der Waals surface area contributed by atoms with Gasteiger partial charge in [-0.05, 0) is 25.2 Å². The highest BCUT2D eigenvalue weighted by atomic mass is 79.9. The molecule has 114 valence electrons. The van der Waals surface area contributed by atoms with Crippen LogP contribution in [0.2, 0.25) is 0 Å². The summed E-state index contributed by atoms with van der Waals surface area (Å²) in [7, 11) is 3.56. The summed E-state index contributed by atoms with van der Waals surface area (Å²) < 4.78 is 6.27. The summed E-state index contributed by atoms with van der Waals surface area (Å²) >= 11 is 3.36. The van der Waals surface area contributed by atoms with Crippen LogP contribution in [-0.4, -0.2) is 57.1 Å². The Kier molecular flexibility index (Phi) is 5.19. The number of likely N-dealkylation sites (N-methyl/N-ethyl adjacent to an activating group) is 2. The monoisotopic (exact) mass is 355 g/mol. The lowest BCUT2D eigenvalue weighted by atomic mass is 10.2. The third kappa shape index (κ3) is 3.74. The number of benzene rings is 1. The van der Waals surface area contributed by atoms with Gasteiger partial charge >= 0.3 is 0 Å². The number of ether oxygens (including phenoxy) is 1. The quantitative estimate of drug-likeness (QED) is 0.850. The zero-order valence-corrected chi connectivity index (χ0v) is 13.6. The Morgan fingerprint density at radius 2 is 2.29 bits per heavy atom. The Hall–Kier alpha value is -1.60. The predicted molar refractivity (Wildman–Crippen MR) is 83.6 cm³/mol. The van der Waals surface area contributed by atoms with Crippen LogP contribution in [0.15, 0.2) is 22.7 Å². The van der Waals surface area contributed by atoms with Crippen LogP contribution in [0.4, 0.5) is 5.69 Å². The normalized spacial score (nSPS) is 13.7.